The Kier molecular flexibility index (Phi) is 4.71. The Bertz CT molecular complexity index is 398. The molecule has 0 unspecified atom stereocenters. The maximum absolute atomic E-state index is 11.2. The molecule has 2 N–H and O–H groups in total. The van der Waals surface area contributed by atoms with E-state index in [1.165, 1.54) is 0 Å². The average molecular weight is 272 g/mol. The zero-order valence-corrected chi connectivity index (χ0v) is 11.6. The van der Waals surface area contributed by atoms with Gasteiger partial charge in [0.05, 0.1) is 6.54 Å². The van der Waals surface area contributed by atoms with E-state index in [-0.39, 0.29) is 0 Å². The molecule has 0 bridgehead atoms. The molecule has 1 fully saturated rings. The molecule has 0 aliphatic carbocycles. The Balaban J connectivity index is 1.81. The molecule has 1 aliphatic heterocycles. The number of hydrogen-bond donors (Lipinski definition) is 2. The second-order valence-electron chi connectivity index (χ2n) is 4.80. The van der Waals surface area contributed by atoms with Crippen LogP contribution in [0.3, 0.4) is 0 Å². The Hall–Kier alpha value is -0.950. The second kappa shape index (κ2) is 6.29. The lowest BCUT2D eigenvalue weighted by Crippen LogP contribution is -2.29. The first-order valence-electron chi connectivity index (χ1n) is 6.31. The van der Waals surface area contributed by atoms with Crippen molar-refractivity contribution in [2.24, 2.45) is 0 Å². The molecule has 1 aromatic rings. The summed E-state index contributed by atoms with van der Waals surface area (Å²) in [6.45, 7) is 4.72. The Morgan fingerprint density at radius 3 is 2.78 bits per heavy atom. The minimum absolute atomic E-state index is 0.300. The fourth-order valence-electron chi connectivity index (χ4n) is 1.79. The molecule has 0 radical (unpaired) electrons. The molecule has 6 nitrogen and oxygen atoms in total. The summed E-state index contributed by atoms with van der Waals surface area (Å²) in [4.78, 5) is 0. The van der Waals surface area contributed by atoms with E-state index in [0.717, 1.165) is 24.3 Å². The Labute approximate surface area is 109 Å². The van der Waals surface area contributed by atoms with Crippen molar-refractivity contribution in [3.8, 4) is 0 Å². The molecule has 0 atom stereocenters. The number of anilines is 1. The predicted octanol–water partition coefficient (Wildman–Crippen LogP) is 0.891. The zero-order valence-electron chi connectivity index (χ0n) is 10.8. The van der Waals surface area contributed by atoms with E-state index in [4.69, 9.17) is 4.42 Å². The highest BCUT2D eigenvalue weighted by Gasteiger charge is 2.19. The maximum Gasteiger partial charge on any atom is 0.315 e. The molecule has 2 rings (SSSR count). The fraction of sp³-hybridized carbons (Fsp3) is 0.818. The number of aromatic nitrogens is 2. The minimum atomic E-state index is -0.639. The predicted molar refractivity (Wildman–Crippen MR) is 70.8 cm³/mol. The second-order valence-corrected chi connectivity index (χ2v) is 6.50. The first-order chi connectivity index (χ1) is 8.63. The van der Waals surface area contributed by atoms with Crippen LogP contribution in [-0.4, -0.2) is 38.0 Å². The zero-order chi connectivity index (χ0) is 13.0. The summed E-state index contributed by atoms with van der Waals surface area (Å²) in [5, 5.41) is 14.4. The third-order valence-electron chi connectivity index (χ3n) is 2.84. The standard InChI is InChI=1S/C11H20N4O2S/c1-8(2)12-7-10-14-15-11(17-10)13-9-3-5-18(16)6-4-9/h8-9,12H,3-7H2,1-2H3,(H,13,15). The summed E-state index contributed by atoms with van der Waals surface area (Å²) < 4.78 is 16.7. The molecule has 0 saturated carbocycles. The van der Waals surface area contributed by atoms with E-state index in [2.05, 4.69) is 34.7 Å². The van der Waals surface area contributed by atoms with Gasteiger partial charge in [0, 0.05) is 34.4 Å². The van der Waals surface area contributed by atoms with E-state index in [0.29, 0.717) is 30.5 Å². The summed E-state index contributed by atoms with van der Waals surface area (Å²) >= 11 is 0. The average Bonchev–Trinajstić information content (AvgIpc) is 2.77. The van der Waals surface area contributed by atoms with Gasteiger partial charge in [-0.15, -0.1) is 5.10 Å². The SMILES string of the molecule is CC(C)NCc1nnc(NC2CCS(=O)CC2)o1. The van der Waals surface area contributed by atoms with Crippen molar-refractivity contribution in [2.75, 3.05) is 16.8 Å². The van der Waals surface area contributed by atoms with Gasteiger partial charge in [0.15, 0.2) is 0 Å². The topological polar surface area (TPSA) is 80.0 Å². The van der Waals surface area contributed by atoms with Gasteiger partial charge in [0.1, 0.15) is 0 Å². The van der Waals surface area contributed by atoms with Crippen LogP contribution in [0.2, 0.25) is 0 Å². The van der Waals surface area contributed by atoms with Gasteiger partial charge in [-0.3, -0.25) is 4.21 Å². The van der Waals surface area contributed by atoms with Crippen molar-refractivity contribution in [2.45, 2.75) is 45.3 Å². The first kappa shape index (κ1) is 13.5. The van der Waals surface area contributed by atoms with Gasteiger partial charge in [0.25, 0.3) is 0 Å². The molecule has 1 aliphatic rings. The van der Waals surface area contributed by atoms with E-state index in [1.54, 1.807) is 0 Å². The van der Waals surface area contributed by atoms with Crippen LogP contribution in [0.1, 0.15) is 32.6 Å². The van der Waals surface area contributed by atoms with Crippen LogP contribution in [0, 0.1) is 0 Å². The van der Waals surface area contributed by atoms with E-state index in [9.17, 15) is 4.21 Å². The van der Waals surface area contributed by atoms with Crippen molar-refractivity contribution < 1.29 is 8.63 Å². The quantitative estimate of drug-likeness (QED) is 0.828. The van der Waals surface area contributed by atoms with Crippen LogP contribution < -0.4 is 10.6 Å². The van der Waals surface area contributed by atoms with Crippen molar-refractivity contribution in [1.29, 1.82) is 0 Å². The van der Waals surface area contributed by atoms with Gasteiger partial charge in [-0.05, 0) is 12.8 Å². The molecule has 1 aromatic heterocycles. The number of rotatable bonds is 5. The van der Waals surface area contributed by atoms with E-state index >= 15 is 0 Å². The molecule has 2 heterocycles. The normalized spacial score (nSPS) is 24.4. The highest BCUT2D eigenvalue weighted by molar-refractivity contribution is 7.85. The summed E-state index contributed by atoms with van der Waals surface area (Å²) in [7, 11) is -0.639. The summed E-state index contributed by atoms with van der Waals surface area (Å²) in [5.41, 5.74) is 0. The van der Waals surface area contributed by atoms with Crippen LogP contribution in [0.4, 0.5) is 6.01 Å². The van der Waals surface area contributed by atoms with Crippen LogP contribution in [-0.2, 0) is 17.3 Å². The molecule has 7 heteroatoms. The number of nitrogens with one attached hydrogen (secondary N) is 2. The highest BCUT2D eigenvalue weighted by atomic mass is 32.2. The maximum atomic E-state index is 11.2. The minimum Gasteiger partial charge on any atom is -0.407 e. The number of nitrogens with zero attached hydrogens (tertiary/aromatic N) is 2. The molecular formula is C11H20N4O2S. The van der Waals surface area contributed by atoms with Crippen LogP contribution in [0.25, 0.3) is 0 Å². The van der Waals surface area contributed by atoms with Gasteiger partial charge < -0.3 is 15.1 Å². The van der Waals surface area contributed by atoms with Gasteiger partial charge in [-0.1, -0.05) is 18.9 Å². The van der Waals surface area contributed by atoms with Crippen molar-refractivity contribution >= 4 is 16.8 Å². The van der Waals surface area contributed by atoms with Crippen molar-refractivity contribution in [1.82, 2.24) is 15.5 Å². The summed E-state index contributed by atoms with van der Waals surface area (Å²) in [6, 6.07) is 1.16. The summed E-state index contributed by atoms with van der Waals surface area (Å²) in [5.74, 6) is 2.10. The molecule has 18 heavy (non-hydrogen) atoms. The lowest BCUT2D eigenvalue weighted by Gasteiger charge is -2.21. The van der Waals surface area contributed by atoms with E-state index < -0.39 is 10.8 Å². The molecule has 0 aromatic carbocycles. The molecular weight excluding hydrogens is 252 g/mol. The third-order valence-corrected chi connectivity index (χ3v) is 4.23. The molecule has 0 amide bonds. The lowest BCUT2D eigenvalue weighted by atomic mass is 10.2. The van der Waals surface area contributed by atoms with Gasteiger partial charge >= 0.3 is 6.01 Å². The fourth-order valence-corrected chi connectivity index (χ4v) is 3.09. The highest BCUT2D eigenvalue weighted by Crippen LogP contribution is 2.15. The van der Waals surface area contributed by atoms with E-state index in [1.807, 2.05) is 0 Å². The molecule has 1 saturated heterocycles. The number of hydrogen-bond acceptors (Lipinski definition) is 6. The van der Waals surface area contributed by atoms with Crippen LogP contribution in [0.5, 0.6) is 0 Å². The largest absolute Gasteiger partial charge is 0.407 e. The Morgan fingerprint density at radius 2 is 2.11 bits per heavy atom. The van der Waals surface area contributed by atoms with Gasteiger partial charge in [-0.2, -0.15) is 0 Å². The van der Waals surface area contributed by atoms with Crippen molar-refractivity contribution in [3.05, 3.63) is 5.89 Å². The third kappa shape index (κ3) is 4.06. The molecule has 0 spiro atoms. The van der Waals surface area contributed by atoms with Crippen molar-refractivity contribution in [3.63, 3.8) is 0 Å². The molecule has 102 valence electrons. The Morgan fingerprint density at radius 1 is 1.39 bits per heavy atom. The monoisotopic (exact) mass is 272 g/mol. The van der Waals surface area contributed by atoms with Crippen LogP contribution in [0.15, 0.2) is 4.42 Å². The van der Waals surface area contributed by atoms with Gasteiger partial charge in [0.2, 0.25) is 5.89 Å². The van der Waals surface area contributed by atoms with Crippen LogP contribution >= 0.6 is 0 Å². The first-order valence-corrected chi connectivity index (χ1v) is 7.79. The lowest BCUT2D eigenvalue weighted by molar-refractivity contribution is 0.453. The summed E-state index contributed by atoms with van der Waals surface area (Å²) in [6.07, 6.45) is 1.79. The smallest absolute Gasteiger partial charge is 0.315 e. The van der Waals surface area contributed by atoms with Gasteiger partial charge in [-0.25, -0.2) is 0 Å².